The average Bonchev–Trinajstić information content (AvgIpc) is 2.91. The molecule has 0 spiro atoms. The van der Waals surface area contributed by atoms with Crippen LogP contribution >= 0.6 is 11.3 Å². The fourth-order valence-electron chi connectivity index (χ4n) is 1.49. The Labute approximate surface area is 122 Å². The van der Waals surface area contributed by atoms with Gasteiger partial charge in [-0.05, 0) is 6.42 Å². The number of carbonyl (C=O) groups excluding carboxylic acids is 2. The van der Waals surface area contributed by atoms with Crippen molar-refractivity contribution in [2.75, 3.05) is 33.9 Å². The summed E-state index contributed by atoms with van der Waals surface area (Å²) in [5.41, 5.74) is 5.77. The Hall–Kier alpha value is -1.51. The van der Waals surface area contributed by atoms with Gasteiger partial charge in [0, 0.05) is 39.2 Å². The Balaban J connectivity index is 2.39. The zero-order chi connectivity index (χ0) is 15.0. The molecule has 0 aliphatic heterocycles. The van der Waals surface area contributed by atoms with Gasteiger partial charge in [0.05, 0.1) is 6.54 Å². The molecule has 0 unspecified atom stereocenters. The van der Waals surface area contributed by atoms with Crippen LogP contribution in [0.1, 0.15) is 21.9 Å². The van der Waals surface area contributed by atoms with Gasteiger partial charge in [-0.1, -0.05) is 0 Å². The minimum atomic E-state index is -0.284. The smallest absolute Gasteiger partial charge is 0.273 e. The highest BCUT2D eigenvalue weighted by molar-refractivity contribution is 7.09. The molecule has 1 heterocycles. The molecule has 0 fully saturated rings. The van der Waals surface area contributed by atoms with E-state index in [1.54, 1.807) is 19.5 Å². The minimum Gasteiger partial charge on any atom is -0.385 e. The van der Waals surface area contributed by atoms with Crippen LogP contribution in [0.5, 0.6) is 0 Å². The highest BCUT2D eigenvalue weighted by Crippen LogP contribution is 2.10. The number of aromatic nitrogens is 1. The summed E-state index contributed by atoms with van der Waals surface area (Å²) in [6, 6.07) is 0. The maximum Gasteiger partial charge on any atom is 0.273 e. The van der Waals surface area contributed by atoms with Crippen LogP contribution in [-0.2, 0) is 16.1 Å². The Morgan fingerprint density at radius 3 is 2.90 bits per heavy atom. The number of carbonyl (C=O) groups is 2. The normalized spacial score (nSPS) is 10.3. The molecule has 112 valence electrons. The van der Waals surface area contributed by atoms with Crippen LogP contribution < -0.4 is 11.1 Å². The first-order chi connectivity index (χ1) is 9.58. The van der Waals surface area contributed by atoms with Crippen molar-refractivity contribution >= 4 is 23.2 Å². The van der Waals surface area contributed by atoms with Crippen LogP contribution in [-0.4, -0.2) is 55.6 Å². The number of nitrogens with two attached hydrogens (primary N) is 1. The van der Waals surface area contributed by atoms with E-state index in [1.165, 1.54) is 16.2 Å². The SMILES string of the molecule is COCCCNC(=O)CN(C)C(=O)c1csc(CN)n1. The van der Waals surface area contributed by atoms with Crippen molar-refractivity contribution in [1.82, 2.24) is 15.2 Å². The summed E-state index contributed by atoms with van der Waals surface area (Å²) in [5, 5.41) is 5.07. The highest BCUT2D eigenvalue weighted by Gasteiger charge is 2.17. The molecular weight excluding hydrogens is 280 g/mol. The van der Waals surface area contributed by atoms with Crippen LogP contribution in [0.15, 0.2) is 5.38 Å². The van der Waals surface area contributed by atoms with Gasteiger partial charge >= 0.3 is 0 Å². The van der Waals surface area contributed by atoms with Gasteiger partial charge in [0.1, 0.15) is 10.7 Å². The fourth-order valence-corrected chi connectivity index (χ4v) is 2.13. The summed E-state index contributed by atoms with van der Waals surface area (Å²) in [5.74, 6) is -0.487. The summed E-state index contributed by atoms with van der Waals surface area (Å²) in [4.78, 5) is 29.1. The lowest BCUT2D eigenvalue weighted by atomic mass is 10.4. The van der Waals surface area contributed by atoms with E-state index in [-0.39, 0.29) is 18.4 Å². The molecule has 20 heavy (non-hydrogen) atoms. The largest absolute Gasteiger partial charge is 0.385 e. The Kier molecular flexibility index (Phi) is 7.13. The van der Waals surface area contributed by atoms with Gasteiger partial charge in [-0.25, -0.2) is 4.98 Å². The molecule has 1 rings (SSSR count). The van der Waals surface area contributed by atoms with E-state index in [4.69, 9.17) is 10.5 Å². The summed E-state index contributed by atoms with van der Waals surface area (Å²) in [6.45, 7) is 1.43. The molecule has 0 saturated carbocycles. The van der Waals surface area contributed by atoms with Crippen molar-refractivity contribution < 1.29 is 14.3 Å². The second kappa shape index (κ2) is 8.62. The molecule has 7 nitrogen and oxygen atoms in total. The van der Waals surface area contributed by atoms with Crippen LogP contribution in [0.2, 0.25) is 0 Å². The number of hydrogen-bond donors (Lipinski definition) is 2. The number of likely N-dealkylation sites (N-methyl/N-ethyl adjacent to an activating group) is 1. The molecule has 0 bridgehead atoms. The van der Waals surface area contributed by atoms with Crippen molar-refractivity contribution in [1.29, 1.82) is 0 Å². The molecule has 0 radical (unpaired) electrons. The van der Waals surface area contributed by atoms with Crippen molar-refractivity contribution in [3.63, 3.8) is 0 Å². The lowest BCUT2D eigenvalue weighted by Gasteiger charge is -2.15. The quantitative estimate of drug-likeness (QED) is 0.649. The number of ether oxygens (including phenoxy) is 1. The molecule has 0 atom stereocenters. The molecule has 1 aromatic rings. The molecule has 8 heteroatoms. The van der Waals surface area contributed by atoms with Crippen LogP contribution in [0.4, 0.5) is 0 Å². The van der Waals surface area contributed by atoms with Gasteiger partial charge < -0.3 is 20.7 Å². The van der Waals surface area contributed by atoms with Crippen LogP contribution in [0.25, 0.3) is 0 Å². The summed E-state index contributed by atoms with van der Waals surface area (Å²) < 4.78 is 4.88. The van der Waals surface area contributed by atoms with E-state index >= 15 is 0 Å². The van der Waals surface area contributed by atoms with Gasteiger partial charge in [0.2, 0.25) is 5.91 Å². The third-order valence-corrected chi connectivity index (χ3v) is 3.39. The van der Waals surface area contributed by atoms with Crippen LogP contribution in [0, 0.1) is 0 Å². The second-order valence-electron chi connectivity index (χ2n) is 4.19. The van der Waals surface area contributed by atoms with E-state index in [2.05, 4.69) is 10.3 Å². The topological polar surface area (TPSA) is 97.5 Å². The van der Waals surface area contributed by atoms with Gasteiger partial charge in [-0.2, -0.15) is 0 Å². The third-order valence-electron chi connectivity index (χ3n) is 2.52. The standard InChI is InChI=1S/C12H20N4O3S/c1-16(7-10(17)14-4-3-5-19-2)12(18)9-8-20-11(6-13)15-9/h8H,3-7,13H2,1-2H3,(H,14,17). The summed E-state index contributed by atoms with van der Waals surface area (Å²) >= 11 is 1.34. The monoisotopic (exact) mass is 300 g/mol. The lowest BCUT2D eigenvalue weighted by Crippen LogP contribution is -2.39. The number of rotatable bonds is 8. The predicted molar refractivity (Wildman–Crippen MR) is 76.5 cm³/mol. The molecule has 0 saturated heterocycles. The number of nitrogens with zero attached hydrogens (tertiary/aromatic N) is 2. The van der Waals surface area contributed by atoms with Crippen molar-refractivity contribution in [2.24, 2.45) is 5.73 Å². The first kappa shape index (κ1) is 16.5. The summed E-state index contributed by atoms with van der Waals surface area (Å²) in [6.07, 6.45) is 0.742. The number of methoxy groups -OCH3 is 1. The zero-order valence-electron chi connectivity index (χ0n) is 11.7. The van der Waals surface area contributed by atoms with E-state index in [0.717, 1.165) is 6.42 Å². The van der Waals surface area contributed by atoms with Crippen molar-refractivity contribution in [3.8, 4) is 0 Å². The van der Waals surface area contributed by atoms with Crippen LogP contribution in [0.3, 0.4) is 0 Å². The van der Waals surface area contributed by atoms with E-state index < -0.39 is 0 Å². The Morgan fingerprint density at radius 2 is 2.30 bits per heavy atom. The van der Waals surface area contributed by atoms with E-state index in [1.807, 2.05) is 0 Å². The molecule has 0 aliphatic rings. The van der Waals surface area contributed by atoms with E-state index in [9.17, 15) is 9.59 Å². The molecule has 2 amide bonds. The molecule has 0 aliphatic carbocycles. The second-order valence-corrected chi connectivity index (χ2v) is 5.13. The summed E-state index contributed by atoms with van der Waals surface area (Å²) in [7, 11) is 3.18. The van der Waals surface area contributed by atoms with Gasteiger partial charge in [-0.3, -0.25) is 9.59 Å². The Bertz CT molecular complexity index is 450. The number of hydrogen-bond acceptors (Lipinski definition) is 6. The maximum absolute atomic E-state index is 12.0. The fraction of sp³-hybridized carbons (Fsp3) is 0.583. The average molecular weight is 300 g/mol. The van der Waals surface area contributed by atoms with Gasteiger partial charge in [0.25, 0.3) is 5.91 Å². The number of amides is 2. The lowest BCUT2D eigenvalue weighted by molar-refractivity contribution is -0.121. The predicted octanol–water partition coefficient (Wildman–Crippen LogP) is -0.173. The first-order valence-electron chi connectivity index (χ1n) is 6.24. The zero-order valence-corrected chi connectivity index (χ0v) is 12.5. The number of nitrogens with one attached hydrogen (secondary N) is 1. The van der Waals surface area contributed by atoms with Crippen molar-refractivity contribution in [2.45, 2.75) is 13.0 Å². The maximum atomic E-state index is 12.0. The van der Waals surface area contributed by atoms with Crippen molar-refractivity contribution in [3.05, 3.63) is 16.1 Å². The molecule has 3 N–H and O–H groups in total. The van der Waals surface area contributed by atoms with E-state index in [0.29, 0.717) is 30.4 Å². The number of thiazole rings is 1. The minimum absolute atomic E-state index is 0.00129. The third kappa shape index (κ3) is 5.24. The molecular formula is C12H20N4O3S. The molecule has 0 aromatic carbocycles. The van der Waals surface area contributed by atoms with Gasteiger partial charge in [-0.15, -0.1) is 11.3 Å². The van der Waals surface area contributed by atoms with Gasteiger partial charge in [0.15, 0.2) is 0 Å². The highest BCUT2D eigenvalue weighted by atomic mass is 32.1. The first-order valence-corrected chi connectivity index (χ1v) is 7.12. The Morgan fingerprint density at radius 1 is 1.55 bits per heavy atom. The molecule has 1 aromatic heterocycles.